The molecule has 0 aromatic carbocycles. The van der Waals surface area contributed by atoms with E-state index in [-0.39, 0.29) is 0 Å². The van der Waals surface area contributed by atoms with Gasteiger partial charge in [0.05, 0.1) is 0 Å². The summed E-state index contributed by atoms with van der Waals surface area (Å²) < 4.78 is 0. The van der Waals surface area contributed by atoms with Gasteiger partial charge in [-0.25, -0.2) is 0 Å². The molecule has 2 unspecified atom stereocenters. The van der Waals surface area contributed by atoms with Crippen LogP contribution in [0.4, 0.5) is 0 Å². The van der Waals surface area contributed by atoms with E-state index in [1.165, 1.54) is 18.5 Å². The van der Waals surface area contributed by atoms with Crippen LogP contribution in [0.2, 0.25) is 0 Å². The second kappa shape index (κ2) is 9.32. The Bertz CT molecular complexity index is 240. The first-order valence-electron chi connectivity index (χ1n) is 7.07. The van der Waals surface area contributed by atoms with Crippen LogP contribution < -0.4 is 0 Å². The van der Waals surface area contributed by atoms with Gasteiger partial charge in [0.15, 0.2) is 0 Å². The van der Waals surface area contributed by atoms with E-state index in [1.807, 2.05) is 0 Å². The molecule has 0 amide bonds. The molecule has 100 valence electrons. The monoisotopic (exact) mass is 237 g/mol. The highest BCUT2D eigenvalue weighted by Crippen LogP contribution is 2.11. The molecule has 0 aliphatic carbocycles. The summed E-state index contributed by atoms with van der Waals surface area (Å²) in [5.41, 5.74) is 1.38. The molecule has 0 aromatic heterocycles. The molecule has 0 spiro atoms. The first-order chi connectivity index (χ1) is 8.01. The molecule has 0 fully saturated rings. The predicted octanol–water partition coefficient (Wildman–Crippen LogP) is 4.86. The number of rotatable bonds is 8. The molecule has 17 heavy (non-hydrogen) atoms. The van der Waals surface area contributed by atoms with Crippen LogP contribution in [-0.4, -0.2) is 18.5 Å². The van der Waals surface area contributed by atoms with Crippen LogP contribution in [0.15, 0.2) is 23.9 Å². The summed E-state index contributed by atoms with van der Waals surface area (Å²) in [5.74, 6) is 1.35. The fraction of sp³-hybridized carbons (Fsp3) is 0.750. The maximum absolute atomic E-state index is 2.38. The van der Waals surface area contributed by atoms with Gasteiger partial charge in [0.1, 0.15) is 0 Å². The van der Waals surface area contributed by atoms with Gasteiger partial charge in [-0.1, -0.05) is 52.3 Å². The van der Waals surface area contributed by atoms with Gasteiger partial charge in [0, 0.05) is 19.3 Å². The predicted molar refractivity (Wildman–Crippen MR) is 79.1 cm³/mol. The third-order valence-electron chi connectivity index (χ3n) is 3.18. The summed E-state index contributed by atoms with van der Waals surface area (Å²) in [6.07, 6.45) is 10.7. The van der Waals surface area contributed by atoms with Crippen LogP contribution in [-0.2, 0) is 0 Å². The first-order valence-corrected chi connectivity index (χ1v) is 7.07. The maximum Gasteiger partial charge on any atom is 0.0231 e. The second-order valence-electron chi connectivity index (χ2n) is 5.26. The normalized spacial score (nSPS) is 16.2. The molecule has 0 aliphatic heterocycles. The van der Waals surface area contributed by atoms with E-state index < -0.39 is 0 Å². The van der Waals surface area contributed by atoms with Crippen LogP contribution >= 0.6 is 0 Å². The van der Waals surface area contributed by atoms with Gasteiger partial charge >= 0.3 is 0 Å². The Hall–Kier alpha value is -0.720. The van der Waals surface area contributed by atoms with E-state index in [1.54, 1.807) is 0 Å². The van der Waals surface area contributed by atoms with E-state index >= 15 is 0 Å². The highest BCUT2D eigenvalue weighted by atomic mass is 15.1. The van der Waals surface area contributed by atoms with E-state index in [2.05, 4.69) is 64.8 Å². The minimum Gasteiger partial charge on any atom is -0.378 e. The van der Waals surface area contributed by atoms with Crippen LogP contribution in [0.3, 0.4) is 0 Å². The molecule has 0 aliphatic rings. The minimum absolute atomic E-state index is 0.625. The first kappa shape index (κ1) is 16.3. The van der Waals surface area contributed by atoms with E-state index in [9.17, 15) is 0 Å². The van der Waals surface area contributed by atoms with Crippen molar-refractivity contribution in [1.82, 2.24) is 4.90 Å². The molecule has 0 saturated carbocycles. The fourth-order valence-corrected chi connectivity index (χ4v) is 2.02. The summed E-state index contributed by atoms with van der Waals surface area (Å²) in [6, 6.07) is 0. The van der Waals surface area contributed by atoms with Gasteiger partial charge in [0.2, 0.25) is 0 Å². The molecule has 0 bridgehead atoms. The molecule has 1 heteroatoms. The summed E-state index contributed by atoms with van der Waals surface area (Å²) in [5, 5.41) is 0. The molecular formula is C16H31N. The Morgan fingerprint density at radius 2 is 1.71 bits per heavy atom. The lowest BCUT2D eigenvalue weighted by atomic mass is 10.0. The SMILES string of the molecule is CC/C=C(\C)N(C)CC(C)/C=C\C(C)CCC. The third-order valence-corrected chi connectivity index (χ3v) is 3.18. The molecule has 0 heterocycles. The van der Waals surface area contributed by atoms with Gasteiger partial charge < -0.3 is 4.90 Å². The van der Waals surface area contributed by atoms with E-state index in [0.717, 1.165) is 18.9 Å². The maximum atomic E-state index is 2.38. The van der Waals surface area contributed by atoms with Crippen molar-refractivity contribution >= 4 is 0 Å². The lowest BCUT2D eigenvalue weighted by molar-refractivity contribution is 0.377. The van der Waals surface area contributed by atoms with Crippen molar-refractivity contribution in [3.63, 3.8) is 0 Å². The Kier molecular flexibility index (Phi) is 8.93. The fourth-order valence-electron chi connectivity index (χ4n) is 2.02. The van der Waals surface area contributed by atoms with Gasteiger partial charge in [-0.2, -0.15) is 0 Å². The highest BCUT2D eigenvalue weighted by Gasteiger charge is 2.04. The zero-order chi connectivity index (χ0) is 13.3. The van der Waals surface area contributed by atoms with E-state index in [0.29, 0.717) is 5.92 Å². The topological polar surface area (TPSA) is 3.24 Å². The van der Waals surface area contributed by atoms with Crippen molar-refractivity contribution in [1.29, 1.82) is 0 Å². The van der Waals surface area contributed by atoms with Gasteiger partial charge in [-0.3, -0.25) is 0 Å². The molecule has 0 saturated heterocycles. The average Bonchev–Trinajstić information content (AvgIpc) is 2.27. The summed E-state index contributed by atoms with van der Waals surface area (Å²) in [7, 11) is 2.18. The smallest absolute Gasteiger partial charge is 0.0231 e. The standard InChI is InChI=1S/C16H31N/c1-7-9-14(3)11-12-15(4)13-17(6)16(5)10-8-2/h10-12,14-15H,7-9,13H2,1-6H3/b12-11-,16-10+. The number of nitrogens with zero attached hydrogens (tertiary/aromatic N) is 1. The quantitative estimate of drug-likeness (QED) is 0.545. The van der Waals surface area contributed by atoms with Crippen molar-refractivity contribution in [2.75, 3.05) is 13.6 Å². The lowest BCUT2D eigenvalue weighted by Gasteiger charge is -2.22. The third kappa shape index (κ3) is 8.06. The molecular weight excluding hydrogens is 206 g/mol. The highest BCUT2D eigenvalue weighted by molar-refractivity contribution is 4.98. The zero-order valence-electron chi connectivity index (χ0n) is 12.7. The van der Waals surface area contributed by atoms with Crippen molar-refractivity contribution < 1.29 is 0 Å². The van der Waals surface area contributed by atoms with Gasteiger partial charge in [-0.05, 0) is 31.6 Å². The largest absolute Gasteiger partial charge is 0.378 e. The molecule has 2 atom stereocenters. The molecule has 1 nitrogen and oxygen atoms in total. The van der Waals surface area contributed by atoms with Crippen LogP contribution in [0.5, 0.6) is 0 Å². The Labute approximate surface area is 109 Å². The molecule has 0 aromatic rings. The zero-order valence-corrected chi connectivity index (χ0v) is 12.7. The number of hydrogen-bond donors (Lipinski definition) is 0. The van der Waals surface area contributed by atoms with E-state index in [4.69, 9.17) is 0 Å². The Morgan fingerprint density at radius 3 is 2.24 bits per heavy atom. The molecule has 0 N–H and O–H groups in total. The average molecular weight is 237 g/mol. The Balaban J connectivity index is 4.08. The minimum atomic E-state index is 0.625. The van der Waals surface area contributed by atoms with Crippen molar-refractivity contribution in [3.05, 3.63) is 23.9 Å². The molecule has 0 radical (unpaired) electrons. The second-order valence-corrected chi connectivity index (χ2v) is 5.26. The number of allylic oxidation sites excluding steroid dienone is 3. The summed E-state index contributed by atoms with van der Waals surface area (Å²) in [4.78, 5) is 2.35. The molecule has 0 rings (SSSR count). The van der Waals surface area contributed by atoms with Crippen molar-refractivity contribution in [2.24, 2.45) is 11.8 Å². The van der Waals surface area contributed by atoms with Crippen LogP contribution in [0.1, 0.15) is 53.9 Å². The Morgan fingerprint density at radius 1 is 1.12 bits per heavy atom. The summed E-state index contributed by atoms with van der Waals surface area (Å²) >= 11 is 0. The number of hydrogen-bond acceptors (Lipinski definition) is 1. The summed E-state index contributed by atoms with van der Waals surface area (Å²) in [6.45, 7) is 12.3. The van der Waals surface area contributed by atoms with Crippen molar-refractivity contribution in [3.8, 4) is 0 Å². The van der Waals surface area contributed by atoms with Crippen LogP contribution in [0.25, 0.3) is 0 Å². The van der Waals surface area contributed by atoms with Crippen LogP contribution in [0, 0.1) is 11.8 Å². The lowest BCUT2D eigenvalue weighted by Crippen LogP contribution is -2.21. The van der Waals surface area contributed by atoms with Crippen molar-refractivity contribution in [2.45, 2.75) is 53.9 Å². The van der Waals surface area contributed by atoms with Gasteiger partial charge in [0.25, 0.3) is 0 Å². The van der Waals surface area contributed by atoms with Gasteiger partial charge in [-0.15, -0.1) is 0 Å².